The van der Waals surface area contributed by atoms with Gasteiger partial charge in [-0.1, -0.05) is 46.4 Å². The van der Waals surface area contributed by atoms with Crippen molar-refractivity contribution in [2.24, 2.45) is 17.8 Å². The first-order valence-electron chi connectivity index (χ1n) is 4.85. The Bertz CT molecular complexity index is 439. The van der Waals surface area contributed by atoms with Gasteiger partial charge in [0.1, 0.15) is 4.87 Å². The van der Waals surface area contributed by atoms with Crippen molar-refractivity contribution >= 4 is 69.6 Å². The molecule has 6 heteroatoms. The topological polar surface area (TPSA) is 0 Å². The number of halogens is 6. The maximum absolute atomic E-state index is 6.54. The van der Waals surface area contributed by atoms with E-state index in [0.29, 0.717) is 20.1 Å². The minimum atomic E-state index is -0.942. The van der Waals surface area contributed by atoms with E-state index in [9.17, 15) is 0 Å². The molecule has 0 aromatic heterocycles. The van der Waals surface area contributed by atoms with E-state index in [1.54, 1.807) is 0 Å². The van der Waals surface area contributed by atoms with Gasteiger partial charge in [0.15, 0.2) is 0 Å². The van der Waals surface area contributed by atoms with Crippen LogP contribution < -0.4 is 0 Å². The molecule has 3 rings (SSSR count). The lowest BCUT2D eigenvalue weighted by atomic mass is 9.85. The van der Waals surface area contributed by atoms with Crippen LogP contribution in [0.15, 0.2) is 20.1 Å². The molecule has 0 nitrogen and oxygen atoms in total. The fourth-order valence-electron chi connectivity index (χ4n) is 3.07. The maximum atomic E-state index is 6.54. The second-order valence-corrected chi connectivity index (χ2v) is 7.12. The molecule has 0 N–H and O–H groups in total. The predicted molar refractivity (Wildman–Crippen MR) is 70.8 cm³/mol. The van der Waals surface area contributed by atoms with Crippen LogP contribution in [0.2, 0.25) is 0 Å². The lowest BCUT2D eigenvalue weighted by Crippen LogP contribution is -2.33. The Labute approximate surface area is 123 Å². The first kappa shape index (κ1) is 12.3. The van der Waals surface area contributed by atoms with Gasteiger partial charge in [0, 0.05) is 27.3 Å². The van der Waals surface area contributed by atoms with Gasteiger partial charge >= 0.3 is 0 Å². The second-order valence-electron chi connectivity index (χ2n) is 4.45. The van der Waals surface area contributed by atoms with Crippen LogP contribution in [0.4, 0.5) is 0 Å². The predicted octanol–water partition coefficient (Wildman–Crippen LogP) is 5.23. The van der Waals surface area contributed by atoms with Crippen LogP contribution in [0.1, 0.15) is 6.42 Å². The van der Waals surface area contributed by atoms with Gasteiger partial charge in [0.05, 0.1) is 10.1 Å². The fraction of sp³-hybridized carbons (Fsp3) is 0.600. The Morgan fingerprint density at radius 2 is 1.56 bits per heavy atom. The summed E-state index contributed by atoms with van der Waals surface area (Å²) in [6.07, 6.45) is 0.795. The van der Waals surface area contributed by atoms with Gasteiger partial charge in [-0.2, -0.15) is 0 Å². The molecule has 0 unspecified atom stereocenters. The lowest BCUT2D eigenvalue weighted by Gasteiger charge is -2.34. The van der Waals surface area contributed by atoms with Crippen molar-refractivity contribution in [3.63, 3.8) is 0 Å². The maximum Gasteiger partial charge on any atom is 0.121 e. The number of hydrogen-bond acceptors (Lipinski definition) is 0. The zero-order valence-electron chi connectivity index (χ0n) is 7.78. The molecular weight excluding hydrogens is 333 g/mol. The van der Waals surface area contributed by atoms with E-state index < -0.39 is 4.87 Å². The molecule has 0 amide bonds. The smallest absolute Gasteiger partial charge is 0.121 e. The van der Waals surface area contributed by atoms with Crippen LogP contribution in [-0.4, -0.2) is 10.3 Å². The van der Waals surface area contributed by atoms with E-state index in [0.717, 1.165) is 6.42 Å². The molecule has 1 saturated carbocycles. The van der Waals surface area contributed by atoms with E-state index in [1.165, 1.54) is 0 Å². The van der Waals surface area contributed by atoms with Crippen LogP contribution in [0.3, 0.4) is 0 Å². The molecule has 0 aliphatic heterocycles. The lowest BCUT2D eigenvalue weighted by molar-refractivity contribution is 0.427. The zero-order chi connectivity index (χ0) is 11.8. The third-order valence-electron chi connectivity index (χ3n) is 3.86. The monoisotopic (exact) mass is 336 g/mol. The average molecular weight is 339 g/mol. The van der Waals surface area contributed by atoms with Gasteiger partial charge in [-0.3, -0.25) is 0 Å². The first-order valence-corrected chi connectivity index (χ1v) is 7.17. The quantitative estimate of drug-likeness (QED) is 0.530. The summed E-state index contributed by atoms with van der Waals surface area (Å²) in [6, 6.07) is 0. The highest BCUT2D eigenvalue weighted by Gasteiger charge is 2.65. The summed E-state index contributed by atoms with van der Waals surface area (Å²) in [5.41, 5.74) is 0. The molecule has 1 fully saturated rings. The van der Waals surface area contributed by atoms with E-state index >= 15 is 0 Å². The van der Waals surface area contributed by atoms with Gasteiger partial charge < -0.3 is 0 Å². The van der Waals surface area contributed by atoms with Gasteiger partial charge in [-0.15, -0.1) is 23.2 Å². The molecule has 2 bridgehead atoms. The highest BCUT2D eigenvalue weighted by Crippen LogP contribution is 2.69. The molecule has 0 heterocycles. The SMILES string of the molecule is ClC1=C(Cl)[C@@]2(Cl)C(Cl)=C(Cl)[C@@H]3C[C@H]2[C@H]1[C@H]3Cl. The van der Waals surface area contributed by atoms with Crippen LogP contribution in [-0.2, 0) is 0 Å². The summed E-state index contributed by atoms with van der Waals surface area (Å²) < 4.78 is 0. The minimum absolute atomic E-state index is 0.0247. The molecule has 0 spiro atoms. The Morgan fingerprint density at radius 3 is 2.19 bits per heavy atom. The third kappa shape index (κ3) is 1.17. The van der Waals surface area contributed by atoms with Crippen molar-refractivity contribution in [3.8, 4) is 0 Å². The van der Waals surface area contributed by atoms with E-state index in [1.807, 2.05) is 0 Å². The Kier molecular flexibility index (Phi) is 2.77. The molecule has 0 aromatic carbocycles. The van der Waals surface area contributed by atoms with Crippen molar-refractivity contribution in [3.05, 3.63) is 20.1 Å². The number of fused-ring (bicyclic) bond motifs is 1. The Balaban J connectivity index is 2.29. The summed E-state index contributed by atoms with van der Waals surface area (Å²) in [5, 5.41) is 1.70. The number of rotatable bonds is 0. The van der Waals surface area contributed by atoms with Crippen molar-refractivity contribution in [1.29, 1.82) is 0 Å². The second kappa shape index (κ2) is 3.62. The summed E-state index contributed by atoms with van der Waals surface area (Å²) >= 11 is 37.8. The summed E-state index contributed by atoms with van der Waals surface area (Å²) in [7, 11) is 0. The van der Waals surface area contributed by atoms with Gasteiger partial charge in [-0.05, 0) is 12.3 Å². The normalized spacial score (nSPS) is 50.6. The molecular formula is C10H6Cl6. The first-order chi connectivity index (χ1) is 7.40. The molecule has 0 saturated heterocycles. The molecule has 16 heavy (non-hydrogen) atoms. The van der Waals surface area contributed by atoms with E-state index in [2.05, 4.69) is 0 Å². The van der Waals surface area contributed by atoms with E-state index in [-0.39, 0.29) is 23.1 Å². The van der Waals surface area contributed by atoms with Gasteiger partial charge in [0.2, 0.25) is 0 Å². The highest BCUT2D eigenvalue weighted by atomic mass is 35.5. The van der Waals surface area contributed by atoms with Crippen LogP contribution in [0.25, 0.3) is 0 Å². The summed E-state index contributed by atoms with van der Waals surface area (Å²) in [4.78, 5) is -0.942. The van der Waals surface area contributed by atoms with Crippen molar-refractivity contribution in [2.45, 2.75) is 16.7 Å². The molecule has 0 aromatic rings. The van der Waals surface area contributed by atoms with Gasteiger partial charge in [-0.25, -0.2) is 0 Å². The van der Waals surface area contributed by atoms with Crippen LogP contribution in [0, 0.1) is 17.8 Å². The minimum Gasteiger partial charge on any atom is -0.122 e. The van der Waals surface area contributed by atoms with Crippen LogP contribution in [0.5, 0.6) is 0 Å². The third-order valence-corrected chi connectivity index (χ3v) is 7.39. The summed E-state index contributed by atoms with van der Waals surface area (Å²) in [6.45, 7) is 0. The van der Waals surface area contributed by atoms with Gasteiger partial charge in [0.25, 0.3) is 0 Å². The molecule has 5 atom stereocenters. The molecule has 88 valence electrons. The fourth-order valence-corrected chi connectivity index (χ4v) is 5.85. The highest BCUT2D eigenvalue weighted by molar-refractivity contribution is 6.53. The Hall–Kier alpha value is 1.22. The largest absolute Gasteiger partial charge is 0.122 e. The number of alkyl halides is 2. The van der Waals surface area contributed by atoms with Crippen molar-refractivity contribution < 1.29 is 0 Å². The van der Waals surface area contributed by atoms with Crippen molar-refractivity contribution in [2.75, 3.05) is 0 Å². The molecule has 3 aliphatic rings. The van der Waals surface area contributed by atoms with Crippen LogP contribution >= 0.6 is 69.6 Å². The zero-order valence-corrected chi connectivity index (χ0v) is 12.3. The summed E-state index contributed by atoms with van der Waals surface area (Å²) in [5.74, 6) is 0.0937. The van der Waals surface area contributed by atoms with E-state index in [4.69, 9.17) is 69.6 Å². The average Bonchev–Trinajstić information content (AvgIpc) is 2.67. The molecule has 3 aliphatic carbocycles. The number of hydrogen-bond donors (Lipinski definition) is 0. The van der Waals surface area contributed by atoms with Crippen molar-refractivity contribution in [1.82, 2.24) is 0 Å². The molecule has 0 radical (unpaired) electrons. The standard InChI is InChI=1S/C10H6Cl6/c11-5-2-1-3-4(5)7(13)9(15)10(3,16)8(14)6(2)12/h2-5H,1H2/t2-,3+,4+,5+,10+/m1/s1. The Morgan fingerprint density at radius 1 is 1.00 bits per heavy atom. The number of allylic oxidation sites excluding steroid dienone is 4.